The molecule has 2 aromatic heterocycles. The summed E-state index contributed by atoms with van der Waals surface area (Å²) < 4.78 is 1.79. The summed E-state index contributed by atoms with van der Waals surface area (Å²) in [5.74, 6) is 3.75. The Morgan fingerprint density at radius 2 is 2.22 bits per heavy atom. The second-order valence-electron chi connectivity index (χ2n) is 4.15. The molecule has 0 atom stereocenters. The van der Waals surface area contributed by atoms with Crippen molar-refractivity contribution in [1.82, 2.24) is 19.7 Å². The highest BCUT2D eigenvalue weighted by Crippen LogP contribution is 2.21. The summed E-state index contributed by atoms with van der Waals surface area (Å²) in [6.45, 7) is 2.21. The lowest BCUT2D eigenvalue weighted by atomic mass is 10.4. The molecule has 0 bridgehead atoms. The molecular weight excluding hydrogens is 246 g/mol. The molecule has 0 unspecified atom stereocenters. The van der Waals surface area contributed by atoms with E-state index in [1.807, 2.05) is 25.9 Å². The number of thioether (sulfide) groups is 1. The second kappa shape index (κ2) is 6.04. The molecule has 2 aromatic rings. The second-order valence-corrected chi connectivity index (χ2v) is 5.26. The summed E-state index contributed by atoms with van der Waals surface area (Å²) in [5, 5.41) is 8.31. The van der Waals surface area contributed by atoms with Gasteiger partial charge in [-0.1, -0.05) is 13.3 Å². The molecule has 1 N–H and O–H groups in total. The number of hydrogen-bond donors (Lipinski definition) is 1. The summed E-state index contributed by atoms with van der Waals surface area (Å²) in [4.78, 5) is 9.10. The number of hydrogen-bond acceptors (Lipinski definition) is 5. The van der Waals surface area contributed by atoms with E-state index in [4.69, 9.17) is 0 Å². The smallest absolute Gasteiger partial charge is 0.163 e. The van der Waals surface area contributed by atoms with Crippen LogP contribution >= 0.6 is 11.8 Å². The number of unbranched alkanes of at least 4 members (excludes halogenated alkanes) is 1. The predicted molar refractivity (Wildman–Crippen MR) is 76.9 cm³/mol. The van der Waals surface area contributed by atoms with Crippen molar-refractivity contribution in [3.63, 3.8) is 0 Å². The topological polar surface area (TPSA) is 55.6 Å². The number of nitrogens with one attached hydrogen (secondary N) is 1. The fraction of sp³-hybridized carbons (Fsp3) is 0.583. The van der Waals surface area contributed by atoms with Gasteiger partial charge in [0.1, 0.15) is 11.6 Å². The molecule has 0 aliphatic heterocycles. The molecule has 0 saturated heterocycles. The normalized spacial score (nSPS) is 11.1. The van der Waals surface area contributed by atoms with Gasteiger partial charge in [0.15, 0.2) is 5.65 Å². The standard InChI is InChI=1S/C12H19N5S/c1-4-5-6-18-8-10-15-11(13-2)9-7-14-17(3)12(9)16-10/h7H,4-6,8H2,1-3H3,(H,13,15,16). The molecule has 6 heteroatoms. The van der Waals surface area contributed by atoms with E-state index in [0.29, 0.717) is 0 Å². The van der Waals surface area contributed by atoms with Gasteiger partial charge in [0.25, 0.3) is 0 Å². The third-order valence-corrected chi connectivity index (χ3v) is 3.79. The Morgan fingerprint density at radius 1 is 1.39 bits per heavy atom. The minimum absolute atomic E-state index is 0.857. The van der Waals surface area contributed by atoms with Gasteiger partial charge in [0.2, 0.25) is 0 Å². The first-order valence-electron chi connectivity index (χ1n) is 6.20. The van der Waals surface area contributed by atoms with Crippen LogP contribution in [0.2, 0.25) is 0 Å². The Kier molecular flexibility index (Phi) is 4.41. The van der Waals surface area contributed by atoms with E-state index >= 15 is 0 Å². The largest absolute Gasteiger partial charge is 0.372 e. The maximum absolute atomic E-state index is 4.57. The first-order valence-corrected chi connectivity index (χ1v) is 7.35. The van der Waals surface area contributed by atoms with Gasteiger partial charge in [0, 0.05) is 14.1 Å². The van der Waals surface area contributed by atoms with Crippen LogP contribution in [-0.2, 0) is 12.8 Å². The van der Waals surface area contributed by atoms with Crippen LogP contribution in [-0.4, -0.2) is 32.5 Å². The monoisotopic (exact) mass is 265 g/mol. The molecule has 0 aromatic carbocycles. The third-order valence-electron chi connectivity index (χ3n) is 2.75. The molecule has 18 heavy (non-hydrogen) atoms. The molecule has 0 amide bonds. The van der Waals surface area contributed by atoms with Crippen molar-refractivity contribution < 1.29 is 0 Å². The quantitative estimate of drug-likeness (QED) is 0.813. The summed E-state index contributed by atoms with van der Waals surface area (Å²) in [6.07, 6.45) is 4.28. The lowest BCUT2D eigenvalue weighted by Crippen LogP contribution is -2.02. The minimum atomic E-state index is 0.857. The van der Waals surface area contributed by atoms with Crippen molar-refractivity contribution in [2.24, 2.45) is 7.05 Å². The molecule has 5 nitrogen and oxygen atoms in total. The predicted octanol–water partition coefficient (Wildman–Crippen LogP) is 2.44. The zero-order valence-electron chi connectivity index (χ0n) is 11.1. The van der Waals surface area contributed by atoms with Crippen molar-refractivity contribution in [3.05, 3.63) is 12.0 Å². The van der Waals surface area contributed by atoms with Crippen molar-refractivity contribution in [2.45, 2.75) is 25.5 Å². The number of aromatic nitrogens is 4. The van der Waals surface area contributed by atoms with Gasteiger partial charge in [-0.25, -0.2) is 9.97 Å². The van der Waals surface area contributed by atoms with Crippen LogP contribution in [0, 0.1) is 0 Å². The number of rotatable bonds is 6. The zero-order valence-corrected chi connectivity index (χ0v) is 11.9. The first-order chi connectivity index (χ1) is 8.76. The highest BCUT2D eigenvalue weighted by molar-refractivity contribution is 7.98. The van der Waals surface area contributed by atoms with Gasteiger partial charge in [-0.2, -0.15) is 16.9 Å². The summed E-state index contributed by atoms with van der Waals surface area (Å²) in [7, 11) is 3.78. The highest BCUT2D eigenvalue weighted by Gasteiger charge is 2.10. The molecule has 0 fully saturated rings. The molecule has 2 rings (SSSR count). The van der Waals surface area contributed by atoms with Crippen LogP contribution in [0.15, 0.2) is 6.20 Å². The lowest BCUT2D eigenvalue weighted by Gasteiger charge is -2.05. The van der Waals surface area contributed by atoms with E-state index in [1.54, 1.807) is 10.9 Å². The fourth-order valence-electron chi connectivity index (χ4n) is 1.73. The van der Waals surface area contributed by atoms with E-state index < -0.39 is 0 Å². The molecule has 0 saturated carbocycles. The average molecular weight is 265 g/mol. The summed E-state index contributed by atoms with van der Waals surface area (Å²) >= 11 is 1.88. The van der Waals surface area contributed by atoms with Gasteiger partial charge < -0.3 is 5.32 Å². The van der Waals surface area contributed by atoms with Gasteiger partial charge >= 0.3 is 0 Å². The van der Waals surface area contributed by atoms with Crippen LogP contribution in [0.5, 0.6) is 0 Å². The summed E-state index contributed by atoms with van der Waals surface area (Å²) in [6, 6.07) is 0. The van der Waals surface area contributed by atoms with Crippen LogP contribution in [0.25, 0.3) is 11.0 Å². The molecule has 0 radical (unpaired) electrons. The average Bonchev–Trinajstić information content (AvgIpc) is 2.76. The Labute approximate surface area is 111 Å². The van der Waals surface area contributed by atoms with Gasteiger partial charge in [-0.15, -0.1) is 0 Å². The van der Waals surface area contributed by atoms with E-state index in [2.05, 4.69) is 27.3 Å². The molecule has 0 aliphatic rings. The molecule has 98 valence electrons. The van der Waals surface area contributed by atoms with Crippen LogP contribution in [0.3, 0.4) is 0 Å². The number of nitrogens with zero attached hydrogens (tertiary/aromatic N) is 4. The zero-order chi connectivity index (χ0) is 13.0. The Hall–Kier alpha value is -1.30. The fourth-order valence-corrected chi connectivity index (χ4v) is 2.68. The lowest BCUT2D eigenvalue weighted by molar-refractivity contribution is 0.782. The molecular formula is C12H19N5S. The number of fused-ring (bicyclic) bond motifs is 1. The van der Waals surface area contributed by atoms with Gasteiger partial charge in [0.05, 0.1) is 17.3 Å². The Bertz CT molecular complexity index is 522. The van der Waals surface area contributed by atoms with Gasteiger partial charge in [-0.3, -0.25) is 4.68 Å². The van der Waals surface area contributed by atoms with Crippen molar-refractivity contribution in [3.8, 4) is 0 Å². The molecule has 0 spiro atoms. The minimum Gasteiger partial charge on any atom is -0.372 e. The molecule has 0 aliphatic carbocycles. The molecule has 2 heterocycles. The van der Waals surface area contributed by atoms with Crippen molar-refractivity contribution in [2.75, 3.05) is 18.1 Å². The van der Waals surface area contributed by atoms with E-state index in [-0.39, 0.29) is 0 Å². The van der Waals surface area contributed by atoms with Crippen LogP contribution in [0.1, 0.15) is 25.6 Å². The number of aryl methyl sites for hydroxylation is 1. The Balaban J connectivity index is 2.20. The highest BCUT2D eigenvalue weighted by atomic mass is 32.2. The SMILES string of the molecule is CCCCSCc1nc(NC)c2cnn(C)c2n1. The van der Waals surface area contributed by atoms with Gasteiger partial charge in [-0.05, 0) is 12.2 Å². The number of anilines is 1. The van der Waals surface area contributed by atoms with E-state index in [9.17, 15) is 0 Å². The van der Waals surface area contributed by atoms with Crippen molar-refractivity contribution in [1.29, 1.82) is 0 Å². The third kappa shape index (κ3) is 2.75. The van der Waals surface area contributed by atoms with E-state index in [1.165, 1.54) is 12.8 Å². The van der Waals surface area contributed by atoms with E-state index in [0.717, 1.165) is 34.2 Å². The Morgan fingerprint density at radius 3 is 2.94 bits per heavy atom. The summed E-state index contributed by atoms with van der Waals surface area (Å²) in [5.41, 5.74) is 0.889. The van der Waals surface area contributed by atoms with Crippen LogP contribution in [0.4, 0.5) is 5.82 Å². The van der Waals surface area contributed by atoms with Crippen molar-refractivity contribution >= 4 is 28.6 Å². The first kappa shape index (κ1) is 13.1. The maximum Gasteiger partial charge on any atom is 0.163 e. The maximum atomic E-state index is 4.57. The van der Waals surface area contributed by atoms with Crippen LogP contribution < -0.4 is 5.32 Å².